The normalized spacial score (nSPS) is 14.1. The summed E-state index contributed by atoms with van der Waals surface area (Å²) < 4.78 is 4.11. The molecule has 2 amide bonds. The number of amides is 2. The van der Waals surface area contributed by atoms with Crippen LogP contribution in [0, 0.1) is 0 Å². The lowest BCUT2D eigenvalue weighted by Gasteiger charge is -2.28. The lowest BCUT2D eigenvalue weighted by atomic mass is 10.3. The highest BCUT2D eigenvalue weighted by atomic mass is 16.2. The zero-order valence-corrected chi connectivity index (χ0v) is 16.7. The minimum atomic E-state index is -0.00798. The van der Waals surface area contributed by atoms with Gasteiger partial charge in [0.15, 0.2) is 0 Å². The molecule has 0 aliphatic carbocycles. The predicted octanol–water partition coefficient (Wildman–Crippen LogP) is 1.45. The largest absolute Gasteiger partial charge is 0.336 e. The number of nitrogens with one attached hydrogen (secondary N) is 1. The van der Waals surface area contributed by atoms with Gasteiger partial charge in [-0.15, -0.1) is 10.2 Å². The first-order chi connectivity index (χ1) is 13.0. The van der Waals surface area contributed by atoms with E-state index in [9.17, 15) is 4.79 Å². The van der Waals surface area contributed by atoms with E-state index in [0.29, 0.717) is 13.1 Å². The fourth-order valence-corrected chi connectivity index (χ4v) is 3.32. The number of urea groups is 1. The molecule has 0 saturated heterocycles. The van der Waals surface area contributed by atoms with Crippen molar-refractivity contribution >= 4 is 6.03 Å². The van der Waals surface area contributed by atoms with Crippen molar-refractivity contribution in [2.45, 2.75) is 66.0 Å². The fourth-order valence-electron chi connectivity index (χ4n) is 3.32. The summed E-state index contributed by atoms with van der Waals surface area (Å²) in [4.78, 5) is 16.3. The number of fused-ring (bicyclic) bond motifs is 1. The Bertz CT molecular complexity index is 765. The number of carbonyl (C=O) groups excluding carboxylic acids is 1. The maximum atomic E-state index is 12.2. The molecule has 0 fully saturated rings. The molecule has 0 saturated carbocycles. The van der Waals surface area contributed by atoms with Gasteiger partial charge in [0.05, 0.1) is 31.0 Å². The summed E-state index contributed by atoms with van der Waals surface area (Å²) in [6.07, 6.45) is 2.85. The van der Waals surface area contributed by atoms with Crippen LogP contribution < -0.4 is 5.32 Å². The molecular weight excluding hydrogens is 344 g/mol. The van der Waals surface area contributed by atoms with E-state index < -0.39 is 0 Å². The van der Waals surface area contributed by atoms with E-state index in [4.69, 9.17) is 5.10 Å². The highest BCUT2D eigenvalue weighted by Crippen LogP contribution is 2.15. The van der Waals surface area contributed by atoms with Crippen LogP contribution in [0.4, 0.5) is 4.79 Å². The van der Waals surface area contributed by atoms with Crippen LogP contribution in [0.5, 0.6) is 0 Å². The van der Waals surface area contributed by atoms with Crippen molar-refractivity contribution < 1.29 is 4.79 Å². The molecule has 2 aromatic heterocycles. The molecule has 1 N–H and O–H groups in total. The van der Waals surface area contributed by atoms with E-state index in [0.717, 1.165) is 49.8 Å². The second kappa shape index (κ2) is 8.51. The summed E-state index contributed by atoms with van der Waals surface area (Å²) in [5, 5.41) is 15.9. The maximum Gasteiger partial charge on any atom is 0.318 e. The van der Waals surface area contributed by atoms with Gasteiger partial charge >= 0.3 is 6.03 Å². The minimum absolute atomic E-state index is 0.00798. The SMILES string of the molecule is CCCn1cnnc1CN(C)Cc1cc2n(n1)CCN(C(=O)NC(C)C)C2. The van der Waals surface area contributed by atoms with Gasteiger partial charge in [-0.1, -0.05) is 6.92 Å². The zero-order chi connectivity index (χ0) is 19.4. The summed E-state index contributed by atoms with van der Waals surface area (Å²) in [6.45, 7) is 10.5. The monoisotopic (exact) mass is 374 g/mol. The second-order valence-corrected chi connectivity index (χ2v) is 7.49. The van der Waals surface area contributed by atoms with Crippen LogP contribution in [0.1, 0.15) is 44.4 Å². The van der Waals surface area contributed by atoms with E-state index >= 15 is 0 Å². The van der Waals surface area contributed by atoms with Gasteiger partial charge in [-0.2, -0.15) is 5.10 Å². The van der Waals surface area contributed by atoms with Crippen LogP contribution in [0.2, 0.25) is 0 Å². The Morgan fingerprint density at radius 1 is 1.33 bits per heavy atom. The quantitative estimate of drug-likeness (QED) is 0.793. The van der Waals surface area contributed by atoms with Crippen LogP contribution >= 0.6 is 0 Å². The van der Waals surface area contributed by atoms with Crippen LogP contribution in [0.3, 0.4) is 0 Å². The predicted molar refractivity (Wildman–Crippen MR) is 102 cm³/mol. The van der Waals surface area contributed by atoms with Crippen molar-refractivity contribution in [1.29, 1.82) is 0 Å². The average Bonchev–Trinajstić information content (AvgIpc) is 3.20. The highest BCUT2D eigenvalue weighted by molar-refractivity contribution is 5.74. The molecule has 0 unspecified atom stereocenters. The summed E-state index contributed by atoms with van der Waals surface area (Å²) in [6, 6.07) is 2.23. The summed E-state index contributed by atoms with van der Waals surface area (Å²) in [7, 11) is 2.06. The molecule has 0 atom stereocenters. The number of aryl methyl sites for hydroxylation is 1. The number of rotatable bonds is 7. The highest BCUT2D eigenvalue weighted by Gasteiger charge is 2.23. The third kappa shape index (κ3) is 4.85. The molecule has 3 heterocycles. The van der Waals surface area contributed by atoms with Gasteiger partial charge in [0.25, 0.3) is 0 Å². The first-order valence-electron chi connectivity index (χ1n) is 9.62. The lowest BCUT2D eigenvalue weighted by Crippen LogP contribution is -2.46. The van der Waals surface area contributed by atoms with Crippen molar-refractivity contribution in [3.63, 3.8) is 0 Å². The van der Waals surface area contributed by atoms with E-state index in [1.807, 2.05) is 23.4 Å². The Morgan fingerprint density at radius 2 is 2.15 bits per heavy atom. The van der Waals surface area contributed by atoms with Crippen molar-refractivity contribution in [2.75, 3.05) is 13.6 Å². The maximum absolute atomic E-state index is 12.2. The average molecular weight is 374 g/mol. The number of carbonyl (C=O) groups is 1. The molecule has 0 aromatic carbocycles. The van der Waals surface area contributed by atoms with E-state index in [-0.39, 0.29) is 12.1 Å². The van der Waals surface area contributed by atoms with Crippen molar-refractivity contribution in [3.8, 4) is 0 Å². The van der Waals surface area contributed by atoms with Gasteiger partial charge in [0, 0.05) is 25.7 Å². The lowest BCUT2D eigenvalue weighted by molar-refractivity contribution is 0.178. The topological polar surface area (TPSA) is 84.1 Å². The molecule has 148 valence electrons. The smallest absolute Gasteiger partial charge is 0.318 e. The van der Waals surface area contributed by atoms with Gasteiger partial charge in [-0.05, 0) is 33.4 Å². The third-order valence-corrected chi connectivity index (χ3v) is 4.55. The Hall–Kier alpha value is -2.42. The number of hydrogen-bond acceptors (Lipinski definition) is 5. The van der Waals surface area contributed by atoms with Gasteiger partial charge in [-0.25, -0.2) is 4.79 Å². The van der Waals surface area contributed by atoms with Gasteiger partial charge in [0.2, 0.25) is 0 Å². The zero-order valence-electron chi connectivity index (χ0n) is 16.7. The van der Waals surface area contributed by atoms with Crippen molar-refractivity contribution in [3.05, 3.63) is 29.6 Å². The summed E-state index contributed by atoms with van der Waals surface area (Å²) in [5.74, 6) is 0.972. The minimum Gasteiger partial charge on any atom is -0.336 e. The van der Waals surface area contributed by atoms with Crippen LogP contribution in [-0.4, -0.2) is 60.0 Å². The van der Waals surface area contributed by atoms with Gasteiger partial charge < -0.3 is 14.8 Å². The molecule has 2 aromatic rings. The molecule has 3 rings (SSSR count). The second-order valence-electron chi connectivity index (χ2n) is 7.49. The van der Waals surface area contributed by atoms with Crippen LogP contribution in [0.25, 0.3) is 0 Å². The molecular formula is C18H30N8O. The Labute approximate surface area is 160 Å². The Morgan fingerprint density at radius 3 is 2.89 bits per heavy atom. The first-order valence-corrected chi connectivity index (χ1v) is 9.62. The molecule has 1 aliphatic rings. The molecule has 27 heavy (non-hydrogen) atoms. The molecule has 0 spiro atoms. The molecule has 9 heteroatoms. The first kappa shape index (κ1) is 19.3. The molecule has 0 radical (unpaired) electrons. The van der Waals surface area contributed by atoms with E-state index in [1.165, 1.54) is 0 Å². The van der Waals surface area contributed by atoms with Crippen molar-refractivity contribution in [1.82, 2.24) is 39.7 Å². The fraction of sp³-hybridized carbons (Fsp3) is 0.667. The number of aromatic nitrogens is 5. The van der Waals surface area contributed by atoms with E-state index in [1.54, 1.807) is 6.33 Å². The molecule has 1 aliphatic heterocycles. The number of hydrogen-bond donors (Lipinski definition) is 1. The summed E-state index contributed by atoms with van der Waals surface area (Å²) >= 11 is 0. The molecule has 0 bridgehead atoms. The Balaban J connectivity index is 1.59. The van der Waals surface area contributed by atoms with Crippen LogP contribution in [-0.2, 0) is 32.7 Å². The summed E-state index contributed by atoms with van der Waals surface area (Å²) in [5.41, 5.74) is 2.10. The third-order valence-electron chi connectivity index (χ3n) is 4.55. The van der Waals surface area contributed by atoms with Gasteiger partial charge in [0.1, 0.15) is 12.2 Å². The standard InChI is InChI=1S/C18H30N8O/c1-5-6-25-13-19-21-17(25)12-23(4)10-15-9-16-11-24(7-8-26(16)22-15)18(27)20-14(2)3/h9,13-14H,5-8,10-12H2,1-4H3,(H,20,27). The van der Waals surface area contributed by atoms with E-state index in [2.05, 4.69) is 45.0 Å². The van der Waals surface area contributed by atoms with Gasteiger partial charge in [-0.3, -0.25) is 9.58 Å². The Kier molecular flexibility index (Phi) is 6.10. The van der Waals surface area contributed by atoms with Crippen molar-refractivity contribution in [2.24, 2.45) is 0 Å². The number of nitrogens with zero attached hydrogens (tertiary/aromatic N) is 7. The van der Waals surface area contributed by atoms with Crippen LogP contribution in [0.15, 0.2) is 12.4 Å². The molecule has 9 nitrogen and oxygen atoms in total.